The third-order valence-corrected chi connectivity index (χ3v) is 5.45. The molecule has 0 saturated carbocycles. The fourth-order valence-corrected chi connectivity index (χ4v) is 3.88. The fraction of sp³-hybridized carbons (Fsp3) is 0.333. The smallest absolute Gasteiger partial charge is 0.314 e. The van der Waals surface area contributed by atoms with Gasteiger partial charge in [0.15, 0.2) is 17.5 Å². The van der Waals surface area contributed by atoms with Crippen LogP contribution >= 0.6 is 0 Å². The summed E-state index contributed by atoms with van der Waals surface area (Å²) >= 11 is 0. The first-order valence-electron chi connectivity index (χ1n) is 10.3. The summed E-state index contributed by atoms with van der Waals surface area (Å²) < 4.78 is 56.6. The molecule has 33 heavy (non-hydrogen) atoms. The van der Waals surface area contributed by atoms with Crippen LogP contribution in [0.25, 0.3) is 0 Å². The fourth-order valence-electron chi connectivity index (χ4n) is 3.88. The number of benzene rings is 2. The van der Waals surface area contributed by atoms with Crippen molar-refractivity contribution < 1.29 is 37.0 Å². The molecule has 1 aliphatic rings. The minimum atomic E-state index is -1.71. The van der Waals surface area contributed by atoms with Gasteiger partial charge in [0.05, 0.1) is 32.3 Å². The number of hydrogen-bond acceptors (Lipinski definition) is 5. The largest absolute Gasteiger partial charge is 0.497 e. The predicted octanol–water partition coefficient (Wildman–Crippen LogP) is 4.14. The lowest BCUT2D eigenvalue weighted by molar-refractivity contribution is -0.146. The summed E-state index contributed by atoms with van der Waals surface area (Å²) in [5.41, 5.74) is -0.0502. The molecule has 0 spiro atoms. The van der Waals surface area contributed by atoms with Gasteiger partial charge >= 0.3 is 5.97 Å². The van der Waals surface area contributed by atoms with E-state index >= 15 is 0 Å². The number of carbonyl (C=O) groups is 2. The molecule has 1 amide bonds. The molecule has 2 aromatic rings. The van der Waals surface area contributed by atoms with Gasteiger partial charge in [0.2, 0.25) is 0 Å². The normalized spacial score (nSPS) is 18.0. The summed E-state index contributed by atoms with van der Waals surface area (Å²) in [4.78, 5) is 25.3. The Labute approximate surface area is 189 Å². The van der Waals surface area contributed by atoms with Gasteiger partial charge in [0, 0.05) is 11.6 Å². The van der Waals surface area contributed by atoms with Crippen molar-refractivity contribution in [3.8, 4) is 11.5 Å². The Balaban J connectivity index is 1.83. The first-order chi connectivity index (χ1) is 15.8. The number of allylic oxidation sites excluding steroid dienone is 1. The number of hydrogen-bond donors (Lipinski definition) is 1. The molecule has 1 N–H and O–H groups in total. The van der Waals surface area contributed by atoms with Gasteiger partial charge in [-0.2, -0.15) is 0 Å². The van der Waals surface area contributed by atoms with Crippen LogP contribution in [0.2, 0.25) is 0 Å². The van der Waals surface area contributed by atoms with Crippen LogP contribution in [0.1, 0.15) is 35.2 Å². The first kappa shape index (κ1) is 24.2. The van der Waals surface area contributed by atoms with Crippen molar-refractivity contribution in [1.82, 2.24) is 5.32 Å². The molecule has 0 saturated heterocycles. The molecule has 1 aliphatic carbocycles. The molecule has 2 aromatic carbocycles. The first-order valence-corrected chi connectivity index (χ1v) is 10.3. The van der Waals surface area contributed by atoms with Crippen molar-refractivity contribution in [2.45, 2.75) is 25.3 Å². The third-order valence-electron chi connectivity index (χ3n) is 5.45. The van der Waals surface area contributed by atoms with Crippen molar-refractivity contribution in [2.24, 2.45) is 5.92 Å². The standard InChI is InChI=1S/C24H24F3NO5/c1-4-33-24(30)20(17-12-15(31-2)7-10-19(17)32-3)13-5-6-14(11-13)28-23(29)16-8-9-18(25)22(27)21(16)26/h5-10,12-14,20H,4,11H2,1-3H3,(H,28,29)/t13-,14+,20+/m1/s1. The van der Waals surface area contributed by atoms with Crippen molar-refractivity contribution in [2.75, 3.05) is 20.8 Å². The number of carbonyl (C=O) groups excluding carboxylic acids is 2. The van der Waals surface area contributed by atoms with Crippen molar-refractivity contribution in [1.29, 1.82) is 0 Å². The summed E-state index contributed by atoms with van der Waals surface area (Å²) in [6.45, 7) is 1.87. The van der Waals surface area contributed by atoms with Crippen LogP contribution in [0.3, 0.4) is 0 Å². The highest BCUT2D eigenvalue weighted by molar-refractivity contribution is 5.94. The molecule has 9 heteroatoms. The van der Waals surface area contributed by atoms with Crippen molar-refractivity contribution in [3.63, 3.8) is 0 Å². The van der Waals surface area contributed by atoms with Crippen LogP contribution in [0.5, 0.6) is 11.5 Å². The molecule has 0 aliphatic heterocycles. The second-order valence-electron chi connectivity index (χ2n) is 7.42. The van der Waals surface area contributed by atoms with Crippen molar-refractivity contribution in [3.05, 3.63) is 71.1 Å². The van der Waals surface area contributed by atoms with E-state index in [4.69, 9.17) is 14.2 Å². The van der Waals surface area contributed by atoms with Gasteiger partial charge in [-0.1, -0.05) is 12.2 Å². The topological polar surface area (TPSA) is 73.9 Å². The average Bonchev–Trinajstić information content (AvgIpc) is 3.25. The van der Waals surface area contributed by atoms with E-state index in [0.717, 1.165) is 6.07 Å². The van der Waals surface area contributed by atoms with E-state index in [9.17, 15) is 22.8 Å². The highest BCUT2D eigenvalue weighted by atomic mass is 19.2. The van der Waals surface area contributed by atoms with E-state index in [1.54, 1.807) is 37.3 Å². The molecule has 0 unspecified atom stereocenters. The summed E-state index contributed by atoms with van der Waals surface area (Å²) in [6, 6.07) is 6.08. The molecule has 0 heterocycles. The second kappa shape index (κ2) is 10.4. The lowest BCUT2D eigenvalue weighted by Gasteiger charge is -2.24. The molecular formula is C24H24F3NO5. The monoisotopic (exact) mass is 463 g/mol. The van der Waals surface area contributed by atoms with Gasteiger partial charge in [-0.3, -0.25) is 9.59 Å². The van der Waals surface area contributed by atoms with Gasteiger partial charge in [-0.25, -0.2) is 13.2 Å². The Kier molecular flexibility index (Phi) is 7.63. The van der Waals surface area contributed by atoms with Crippen LogP contribution in [0, 0.1) is 23.4 Å². The van der Waals surface area contributed by atoms with E-state index in [-0.39, 0.29) is 12.5 Å². The Morgan fingerprint density at radius 2 is 1.82 bits per heavy atom. The van der Waals surface area contributed by atoms with Crippen LogP contribution in [0.4, 0.5) is 13.2 Å². The third kappa shape index (κ3) is 5.13. The van der Waals surface area contributed by atoms with Crippen LogP contribution < -0.4 is 14.8 Å². The summed E-state index contributed by atoms with van der Waals surface area (Å²) in [5, 5.41) is 2.58. The van der Waals surface area contributed by atoms with Gasteiger partial charge in [0.25, 0.3) is 5.91 Å². The number of ether oxygens (including phenoxy) is 3. The molecule has 6 nitrogen and oxygen atoms in total. The number of amides is 1. The molecule has 0 fully saturated rings. The quantitative estimate of drug-likeness (QED) is 0.362. The molecule has 176 valence electrons. The number of halogens is 3. The molecule has 0 bridgehead atoms. The zero-order valence-electron chi connectivity index (χ0n) is 18.4. The van der Waals surface area contributed by atoms with Crippen LogP contribution in [-0.4, -0.2) is 38.7 Å². The minimum Gasteiger partial charge on any atom is -0.497 e. The van der Waals surface area contributed by atoms with Gasteiger partial charge in [-0.15, -0.1) is 0 Å². The van der Waals surface area contributed by atoms with Crippen LogP contribution in [-0.2, 0) is 9.53 Å². The van der Waals surface area contributed by atoms with Crippen molar-refractivity contribution >= 4 is 11.9 Å². The summed E-state index contributed by atoms with van der Waals surface area (Å²) in [7, 11) is 2.99. The number of nitrogens with one attached hydrogen (secondary N) is 1. The maximum Gasteiger partial charge on any atom is 0.314 e. The van der Waals surface area contributed by atoms with Gasteiger partial charge < -0.3 is 19.5 Å². The lowest BCUT2D eigenvalue weighted by Crippen LogP contribution is -2.34. The maximum atomic E-state index is 14.0. The molecule has 0 radical (unpaired) electrons. The molecular weight excluding hydrogens is 439 g/mol. The predicted molar refractivity (Wildman–Crippen MR) is 114 cm³/mol. The average molecular weight is 463 g/mol. The highest BCUT2D eigenvalue weighted by Crippen LogP contribution is 2.40. The van der Waals surface area contributed by atoms with E-state index < -0.39 is 46.9 Å². The highest BCUT2D eigenvalue weighted by Gasteiger charge is 2.36. The number of esters is 1. The number of rotatable bonds is 8. The molecule has 0 aromatic heterocycles. The van der Waals surface area contributed by atoms with Gasteiger partial charge in [0.1, 0.15) is 11.5 Å². The Morgan fingerprint density at radius 3 is 2.48 bits per heavy atom. The van der Waals surface area contributed by atoms with E-state index in [1.807, 2.05) is 0 Å². The second-order valence-corrected chi connectivity index (χ2v) is 7.42. The lowest BCUT2D eigenvalue weighted by atomic mass is 9.84. The summed E-state index contributed by atoms with van der Waals surface area (Å²) in [5.74, 6) is -6.16. The van der Waals surface area contributed by atoms with E-state index in [2.05, 4.69) is 5.32 Å². The molecule has 3 rings (SSSR count). The van der Waals surface area contributed by atoms with E-state index in [0.29, 0.717) is 29.5 Å². The zero-order valence-corrected chi connectivity index (χ0v) is 18.4. The van der Waals surface area contributed by atoms with Crippen LogP contribution in [0.15, 0.2) is 42.5 Å². The maximum absolute atomic E-state index is 14.0. The van der Waals surface area contributed by atoms with E-state index in [1.165, 1.54) is 14.2 Å². The Morgan fingerprint density at radius 1 is 1.06 bits per heavy atom. The Bertz CT molecular complexity index is 1070. The number of methoxy groups -OCH3 is 2. The SMILES string of the molecule is CCOC(=O)[C@H](c1cc(OC)ccc1OC)[C@@H]1C=C[C@H](NC(=O)c2ccc(F)c(F)c2F)C1. The minimum absolute atomic E-state index is 0.174. The Hall–Kier alpha value is -3.49. The molecule has 3 atom stereocenters. The van der Waals surface area contributed by atoms with Gasteiger partial charge in [-0.05, 0) is 49.6 Å². The summed E-state index contributed by atoms with van der Waals surface area (Å²) in [6.07, 6.45) is 3.72. The zero-order chi connectivity index (χ0) is 24.1.